The van der Waals surface area contributed by atoms with Crippen molar-refractivity contribution in [1.29, 1.82) is 0 Å². The van der Waals surface area contributed by atoms with E-state index in [1.807, 2.05) is 29.9 Å². The van der Waals surface area contributed by atoms with Crippen LogP contribution in [0.3, 0.4) is 0 Å². The van der Waals surface area contributed by atoms with Crippen molar-refractivity contribution in [2.24, 2.45) is 0 Å². The van der Waals surface area contributed by atoms with E-state index in [-0.39, 0.29) is 0 Å². The van der Waals surface area contributed by atoms with Gasteiger partial charge in [0.1, 0.15) is 5.82 Å². The van der Waals surface area contributed by atoms with Crippen LogP contribution in [0.5, 0.6) is 0 Å². The van der Waals surface area contributed by atoms with Gasteiger partial charge in [-0.3, -0.25) is 4.57 Å². The Morgan fingerprint density at radius 3 is 2.81 bits per heavy atom. The van der Waals surface area contributed by atoms with Crippen molar-refractivity contribution in [3.63, 3.8) is 0 Å². The minimum Gasteiger partial charge on any atom is -0.314 e. The summed E-state index contributed by atoms with van der Waals surface area (Å²) in [6.45, 7) is 2.81. The molecule has 0 radical (unpaired) electrons. The third-order valence-corrected chi connectivity index (χ3v) is 2.34. The van der Waals surface area contributed by atoms with Gasteiger partial charge >= 0.3 is 0 Å². The van der Waals surface area contributed by atoms with E-state index < -0.39 is 0 Å². The first-order chi connectivity index (χ1) is 7.85. The molecule has 2 aromatic rings. The molecule has 2 aromatic heterocycles. The van der Waals surface area contributed by atoms with Gasteiger partial charge in [-0.1, -0.05) is 6.92 Å². The molecule has 0 aliphatic carbocycles. The molecule has 0 unspecified atom stereocenters. The normalized spacial score (nSPS) is 10.6. The van der Waals surface area contributed by atoms with Crippen LogP contribution in [0.15, 0.2) is 24.5 Å². The average molecular weight is 217 g/mol. The number of nitrogens with zero attached hydrogens (tertiary/aromatic N) is 4. The van der Waals surface area contributed by atoms with Gasteiger partial charge in [0.15, 0.2) is 5.82 Å². The van der Waals surface area contributed by atoms with Crippen LogP contribution in [0.1, 0.15) is 18.4 Å². The molecule has 0 aliphatic heterocycles. The summed E-state index contributed by atoms with van der Waals surface area (Å²) in [5, 5.41) is 11.4. The van der Waals surface area contributed by atoms with Gasteiger partial charge in [-0.15, -0.1) is 5.10 Å². The zero-order valence-electron chi connectivity index (χ0n) is 9.51. The summed E-state index contributed by atoms with van der Waals surface area (Å²) >= 11 is 0. The van der Waals surface area contributed by atoms with Crippen molar-refractivity contribution in [3.05, 3.63) is 36.0 Å². The molecule has 0 saturated heterocycles. The van der Waals surface area contributed by atoms with Crippen molar-refractivity contribution < 1.29 is 0 Å². The standard InChI is InChI=1S/C11H15N5/c1-3-10-13-6-7-16(10)11-5-4-9(8-12-2)14-15-11/h4-7,12H,3,8H2,1-2H3. The van der Waals surface area contributed by atoms with Gasteiger partial charge in [0.05, 0.1) is 5.69 Å². The van der Waals surface area contributed by atoms with E-state index in [9.17, 15) is 0 Å². The summed E-state index contributed by atoms with van der Waals surface area (Å²) in [5.74, 6) is 1.81. The first kappa shape index (κ1) is 10.8. The second kappa shape index (κ2) is 4.85. The molecule has 84 valence electrons. The van der Waals surface area contributed by atoms with Crippen LogP contribution in [-0.4, -0.2) is 26.8 Å². The minimum absolute atomic E-state index is 0.734. The summed E-state index contributed by atoms with van der Waals surface area (Å²) in [7, 11) is 1.89. The zero-order chi connectivity index (χ0) is 11.4. The molecule has 0 aliphatic rings. The minimum atomic E-state index is 0.734. The fraction of sp³-hybridized carbons (Fsp3) is 0.364. The maximum absolute atomic E-state index is 4.25. The molecular weight excluding hydrogens is 202 g/mol. The molecule has 0 bridgehead atoms. The lowest BCUT2D eigenvalue weighted by Crippen LogP contribution is -2.09. The highest BCUT2D eigenvalue weighted by Crippen LogP contribution is 2.07. The van der Waals surface area contributed by atoms with E-state index >= 15 is 0 Å². The van der Waals surface area contributed by atoms with Crippen molar-refractivity contribution >= 4 is 0 Å². The zero-order valence-corrected chi connectivity index (χ0v) is 9.51. The van der Waals surface area contributed by atoms with Crippen LogP contribution < -0.4 is 5.32 Å². The van der Waals surface area contributed by atoms with E-state index in [2.05, 4.69) is 27.4 Å². The van der Waals surface area contributed by atoms with Crippen LogP contribution >= 0.6 is 0 Å². The van der Waals surface area contributed by atoms with E-state index in [4.69, 9.17) is 0 Å². The average Bonchev–Trinajstić information content (AvgIpc) is 2.78. The molecule has 0 saturated carbocycles. The predicted molar refractivity (Wildman–Crippen MR) is 61.3 cm³/mol. The van der Waals surface area contributed by atoms with E-state index in [1.54, 1.807) is 6.20 Å². The Kier molecular flexibility index (Phi) is 3.26. The first-order valence-electron chi connectivity index (χ1n) is 5.35. The maximum atomic E-state index is 4.25. The molecule has 2 rings (SSSR count). The van der Waals surface area contributed by atoms with Crippen LogP contribution in [-0.2, 0) is 13.0 Å². The number of rotatable bonds is 4. The molecule has 5 heteroatoms. The second-order valence-corrected chi connectivity index (χ2v) is 3.48. The maximum Gasteiger partial charge on any atom is 0.160 e. The number of nitrogens with one attached hydrogen (secondary N) is 1. The Labute approximate surface area is 94.5 Å². The van der Waals surface area contributed by atoms with E-state index in [0.717, 1.165) is 30.3 Å². The lowest BCUT2D eigenvalue weighted by atomic mass is 10.3. The van der Waals surface area contributed by atoms with Gasteiger partial charge in [0.2, 0.25) is 0 Å². The fourth-order valence-corrected chi connectivity index (χ4v) is 1.56. The molecule has 0 fully saturated rings. The molecule has 2 heterocycles. The molecule has 0 atom stereocenters. The Morgan fingerprint density at radius 1 is 1.31 bits per heavy atom. The SMILES string of the molecule is CCc1nccn1-c1ccc(CNC)nn1. The highest BCUT2D eigenvalue weighted by Gasteiger charge is 2.04. The quantitative estimate of drug-likeness (QED) is 0.828. The molecule has 16 heavy (non-hydrogen) atoms. The third-order valence-electron chi connectivity index (χ3n) is 2.34. The largest absolute Gasteiger partial charge is 0.314 e. The smallest absolute Gasteiger partial charge is 0.160 e. The molecular formula is C11H15N5. The summed E-state index contributed by atoms with van der Waals surface area (Å²) in [6, 6.07) is 3.93. The molecule has 0 amide bonds. The lowest BCUT2D eigenvalue weighted by molar-refractivity contribution is 0.752. The Morgan fingerprint density at radius 2 is 2.19 bits per heavy atom. The van der Waals surface area contributed by atoms with Gasteiger partial charge in [0, 0.05) is 25.4 Å². The predicted octanol–water partition coefficient (Wildman–Crippen LogP) is 0.944. The first-order valence-corrected chi connectivity index (χ1v) is 5.35. The molecule has 5 nitrogen and oxygen atoms in total. The van der Waals surface area contributed by atoms with E-state index in [1.165, 1.54) is 0 Å². The number of aromatic nitrogens is 4. The van der Waals surface area contributed by atoms with Gasteiger partial charge < -0.3 is 5.32 Å². The topological polar surface area (TPSA) is 55.6 Å². The van der Waals surface area contributed by atoms with Crippen molar-refractivity contribution in [2.75, 3.05) is 7.05 Å². The van der Waals surface area contributed by atoms with Crippen molar-refractivity contribution in [2.45, 2.75) is 19.9 Å². The van der Waals surface area contributed by atoms with Crippen LogP contribution in [0.4, 0.5) is 0 Å². The number of hydrogen-bond acceptors (Lipinski definition) is 4. The fourth-order valence-electron chi connectivity index (χ4n) is 1.56. The van der Waals surface area contributed by atoms with Crippen molar-refractivity contribution in [1.82, 2.24) is 25.1 Å². The van der Waals surface area contributed by atoms with Crippen LogP contribution in [0.25, 0.3) is 5.82 Å². The summed E-state index contributed by atoms with van der Waals surface area (Å²) < 4.78 is 1.95. The summed E-state index contributed by atoms with van der Waals surface area (Å²) in [6.07, 6.45) is 4.57. The third kappa shape index (κ3) is 2.09. The van der Waals surface area contributed by atoms with Gasteiger partial charge in [-0.25, -0.2) is 4.98 Å². The molecule has 0 aromatic carbocycles. The Bertz CT molecular complexity index is 446. The van der Waals surface area contributed by atoms with Crippen LogP contribution in [0.2, 0.25) is 0 Å². The highest BCUT2D eigenvalue weighted by atomic mass is 15.2. The number of hydrogen-bond donors (Lipinski definition) is 1. The molecule has 0 spiro atoms. The Balaban J connectivity index is 2.27. The summed E-state index contributed by atoms with van der Waals surface area (Å²) in [4.78, 5) is 4.25. The van der Waals surface area contributed by atoms with Gasteiger partial charge in [0.25, 0.3) is 0 Å². The van der Waals surface area contributed by atoms with Gasteiger partial charge in [-0.05, 0) is 19.2 Å². The Hall–Kier alpha value is -1.75. The highest BCUT2D eigenvalue weighted by molar-refractivity contribution is 5.24. The molecule has 1 N–H and O–H groups in total. The number of aryl methyl sites for hydroxylation is 1. The number of imidazole rings is 1. The summed E-state index contributed by atoms with van der Waals surface area (Å²) in [5.41, 5.74) is 0.935. The van der Waals surface area contributed by atoms with Crippen molar-refractivity contribution in [3.8, 4) is 5.82 Å². The van der Waals surface area contributed by atoms with Crippen LogP contribution in [0, 0.1) is 0 Å². The lowest BCUT2D eigenvalue weighted by Gasteiger charge is -2.05. The van der Waals surface area contributed by atoms with E-state index in [0.29, 0.717) is 0 Å². The monoisotopic (exact) mass is 217 g/mol. The van der Waals surface area contributed by atoms with Gasteiger partial charge in [-0.2, -0.15) is 5.10 Å². The second-order valence-electron chi connectivity index (χ2n) is 3.48.